The molecule has 23 aromatic carbocycles. The van der Waals surface area contributed by atoms with Gasteiger partial charge in [0.05, 0.1) is 11.4 Å². The van der Waals surface area contributed by atoms with E-state index in [-0.39, 0.29) is 0 Å². The lowest BCUT2D eigenvalue weighted by Gasteiger charge is -2.16. The van der Waals surface area contributed by atoms with E-state index in [1.165, 1.54) is 136 Å². The molecule has 700 valence electrons. The molecule has 0 aliphatic rings. The van der Waals surface area contributed by atoms with Crippen LogP contribution < -0.4 is 0 Å². The van der Waals surface area contributed by atoms with E-state index in [2.05, 4.69) is 441 Å². The van der Waals surface area contributed by atoms with Crippen LogP contribution in [0.4, 0.5) is 0 Å². The lowest BCUT2D eigenvalue weighted by Crippen LogP contribution is -2.01. The maximum atomic E-state index is 5.19. The first kappa shape index (κ1) is 89.9. The van der Waals surface area contributed by atoms with Gasteiger partial charge < -0.3 is 0 Å². The Bertz CT molecular complexity index is 9380. The quantitative estimate of drug-likeness (QED) is 0.0872. The van der Waals surface area contributed by atoms with E-state index >= 15 is 0 Å². The molecule has 9 heteroatoms. The van der Waals surface area contributed by atoms with Gasteiger partial charge in [-0.05, 0) is 259 Å². The summed E-state index contributed by atoms with van der Waals surface area (Å²) in [6.45, 7) is 0. The summed E-state index contributed by atoms with van der Waals surface area (Å²) in [5.41, 5.74) is 28.1. The van der Waals surface area contributed by atoms with Crippen molar-refractivity contribution in [3.8, 4) is 180 Å². The van der Waals surface area contributed by atoms with Gasteiger partial charge in [-0.2, -0.15) is 0 Å². The third-order valence-electron chi connectivity index (χ3n) is 28.7. The Hall–Kier alpha value is -20.1. The minimum atomic E-state index is 0.589. The van der Waals surface area contributed by atoms with E-state index in [1.54, 1.807) is 24.8 Å². The number of hydrogen-bond donors (Lipinski definition) is 0. The Morgan fingerprint density at radius 1 is 0.0933 bits per heavy atom. The zero-order valence-electron chi connectivity index (χ0n) is 81.6. The molecule has 0 N–H and O–H groups in total. The van der Waals surface area contributed by atoms with Gasteiger partial charge in [0.25, 0.3) is 0 Å². The van der Waals surface area contributed by atoms with Gasteiger partial charge in [-0.15, -0.1) is 0 Å². The van der Waals surface area contributed by atoms with Crippen molar-refractivity contribution in [1.29, 1.82) is 0 Å². The Morgan fingerprint density at radius 2 is 0.300 bits per heavy atom. The average Bonchev–Trinajstić information content (AvgIpc) is 0.746. The molecule has 0 aliphatic heterocycles. The molecule has 0 spiro atoms. The van der Waals surface area contributed by atoms with Crippen LogP contribution in [0.15, 0.2) is 553 Å². The van der Waals surface area contributed by atoms with E-state index in [0.717, 1.165) is 106 Å². The van der Waals surface area contributed by atoms with Crippen molar-refractivity contribution < 1.29 is 0 Å². The summed E-state index contributed by atoms with van der Waals surface area (Å²) in [7, 11) is 0. The highest BCUT2D eigenvalue weighted by atomic mass is 15.0. The van der Waals surface area contributed by atoms with Crippen LogP contribution in [0.1, 0.15) is 0 Å². The first-order valence-electron chi connectivity index (χ1n) is 50.7. The molecular formula is C141H91N9. The van der Waals surface area contributed by atoms with Gasteiger partial charge in [-0.1, -0.05) is 455 Å². The zero-order valence-corrected chi connectivity index (χ0v) is 81.6. The zero-order chi connectivity index (χ0) is 99.6. The van der Waals surface area contributed by atoms with Crippen LogP contribution in [0.25, 0.3) is 277 Å². The second-order valence-electron chi connectivity index (χ2n) is 37.7. The van der Waals surface area contributed by atoms with Crippen LogP contribution in [0.5, 0.6) is 0 Å². The topological polar surface area (TPSA) is 116 Å². The van der Waals surface area contributed by atoms with Crippen LogP contribution in [0.3, 0.4) is 0 Å². The third-order valence-corrected chi connectivity index (χ3v) is 28.7. The summed E-state index contributed by atoms with van der Waals surface area (Å²) in [5, 5.41) is 22.9. The van der Waals surface area contributed by atoms with Crippen molar-refractivity contribution in [1.82, 2.24) is 44.9 Å². The normalized spacial score (nSPS) is 11.3. The molecule has 150 heavy (non-hydrogen) atoms. The number of rotatable bonds is 16. The molecule has 0 atom stereocenters. The molecular weight excluding hydrogens is 1820 g/mol. The van der Waals surface area contributed by atoms with Gasteiger partial charge >= 0.3 is 0 Å². The average molecular weight is 1910 g/mol. The molecule has 0 amide bonds. The Morgan fingerprint density at radius 3 is 0.627 bits per heavy atom. The van der Waals surface area contributed by atoms with E-state index in [4.69, 9.17) is 34.9 Å². The summed E-state index contributed by atoms with van der Waals surface area (Å²) in [4.78, 5) is 43.6. The largest absolute Gasteiger partial charge is 0.265 e. The van der Waals surface area contributed by atoms with E-state index in [0.29, 0.717) is 34.9 Å². The maximum absolute atomic E-state index is 5.19. The Labute approximate surface area is 868 Å². The van der Waals surface area contributed by atoms with E-state index in [1.807, 2.05) is 97.1 Å². The van der Waals surface area contributed by atoms with Gasteiger partial charge in [0, 0.05) is 69.3 Å². The van der Waals surface area contributed by atoms with Crippen molar-refractivity contribution in [2.75, 3.05) is 0 Å². The molecule has 0 aliphatic carbocycles. The Balaban J connectivity index is 0.000000114. The lowest BCUT2D eigenvalue weighted by atomic mass is 9.88. The SMILES string of the molecule is c1ccc(-c2cc(-c3ccccc3)nc(-c3cccc(-c4cccc(-c5cccc(-c6ccc7c8ccccc8c8ccccc8c7c6)c5)c4)c3)c2)cc1.c1ccc(-c2ccccc2-c2nc(-c3ccncc3)nc(-c3ccncc3)n2)c(-c2ccc3c4ccccc4c4ccccc4c3c2)c1.c1ccc(-c2nc(-c3ccccc3)nc(-c3ccccc3-c3ccccc3-c3ccc4c5ccccc5c5ccccc5c4c3)n2)cc1. The van der Waals surface area contributed by atoms with Crippen molar-refractivity contribution >= 4 is 97.0 Å². The molecule has 0 bridgehead atoms. The summed E-state index contributed by atoms with van der Waals surface area (Å²) in [5.74, 6) is 3.72. The van der Waals surface area contributed by atoms with Crippen molar-refractivity contribution in [3.05, 3.63) is 553 Å². The minimum absolute atomic E-state index is 0.589. The maximum Gasteiger partial charge on any atom is 0.164 e. The molecule has 0 saturated heterocycles. The molecule has 28 aromatic rings. The van der Waals surface area contributed by atoms with Gasteiger partial charge in [-0.25, -0.2) is 34.9 Å². The fourth-order valence-electron chi connectivity index (χ4n) is 21.5. The van der Waals surface area contributed by atoms with Crippen LogP contribution in [0, 0.1) is 0 Å². The highest BCUT2D eigenvalue weighted by molar-refractivity contribution is 6.29. The molecule has 0 radical (unpaired) electrons. The van der Waals surface area contributed by atoms with Crippen LogP contribution in [0.2, 0.25) is 0 Å². The van der Waals surface area contributed by atoms with Crippen molar-refractivity contribution in [3.63, 3.8) is 0 Å². The fraction of sp³-hybridized carbons (Fsp3) is 0. The number of aromatic nitrogens is 9. The summed E-state index contributed by atoms with van der Waals surface area (Å²) in [6.07, 6.45) is 7.02. The number of fused-ring (bicyclic) bond motifs is 18. The highest BCUT2D eigenvalue weighted by Crippen LogP contribution is 2.48. The first-order valence-corrected chi connectivity index (χ1v) is 50.7. The van der Waals surface area contributed by atoms with Crippen molar-refractivity contribution in [2.45, 2.75) is 0 Å². The van der Waals surface area contributed by atoms with Gasteiger partial charge in [-0.3, -0.25) is 9.97 Å². The predicted molar refractivity (Wildman–Crippen MR) is 624 cm³/mol. The smallest absolute Gasteiger partial charge is 0.164 e. The minimum Gasteiger partial charge on any atom is -0.265 e. The van der Waals surface area contributed by atoms with E-state index in [9.17, 15) is 0 Å². The van der Waals surface area contributed by atoms with Crippen LogP contribution >= 0.6 is 0 Å². The number of nitrogens with zero attached hydrogens (tertiary/aromatic N) is 9. The highest BCUT2D eigenvalue weighted by Gasteiger charge is 2.24. The van der Waals surface area contributed by atoms with Gasteiger partial charge in [0.1, 0.15) is 0 Å². The standard InChI is InChI=1S/C53H35N.C45H29N3.C43H27N5/c1-3-14-36(15-4-1)45-34-52(37-16-5-2-6-17-37)54-53(35-45)44-23-13-22-42(32-44)40-20-11-18-38(30-40)39-19-12-21-41(31-39)43-28-29-50-48-26-8-7-24-46(48)47-25-9-10-27-49(47)51(50)33-43;1-3-15-30(16-4-1)43-46-44(31-17-5-2-6-18-31)48-45(47-43)41-26-14-13-24-38(41)34-20-8-7-19-33(34)32-27-28-40-37-23-10-9-21-35(37)36-22-11-12-25-39(36)42(40)29-32;1-2-10-32(31(9-1)30-17-18-38-35-13-4-3-11-33(35)34-12-5-6-15-37(34)40(38)27-30)36-14-7-8-16-39(36)43-47-41(28-19-23-44-24-20-28)46-42(48-43)29-21-25-45-26-22-29/h1-35H;1-29H;1-27H. The molecule has 9 nitrogen and oxygen atoms in total. The summed E-state index contributed by atoms with van der Waals surface area (Å²) >= 11 is 0. The number of pyridine rings is 3. The summed E-state index contributed by atoms with van der Waals surface area (Å²) in [6, 6.07) is 187. The number of benzene rings is 23. The van der Waals surface area contributed by atoms with Crippen molar-refractivity contribution in [2.24, 2.45) is 0 Å². The van der Waals surface area contributed by atoms with Crippen LogP contribution in [-0.4, -0.2) is 44.9 Å². The van der Waals surface area contributed by atoms with E-state index < -0.39 is 0 Å². The van der Waals surface area contributed by atoms with Crippen LogP contribution in [-0.2, 0) is 0 Å². The second kappa shape index (κ2) is 39.9. The molecule has 5 heterocycles. The molecule has 0 saturated carbocycles. The second-order valence-corrected chi connectivity index (χ2v) is 37.7. The van der Waals surface area contributed by atoms with Gasteiger partial charge in [0.2, 0.25) is 0 Å². The number of hydrogen-bond acceptors (Lipinski definition) is 9. The Kier molecular flexibility index (Phi) is 23.9. The van der Waals surface area contributed by atoms with Gasteiger partial charge in [0.15, 0.2) is 34.9 Å². The molecule has 28 rings (SSSR count). The molecule has 0 fully saturated rings. The summed E-state index contributed by atoms with van der Waals surface area (Å²) < 4.78 is 0. The molecule has 0 unspecified atom stereocenters. The third kappa shape index (κ3) is 17.5. The monoisotopic (exact) mass is 1910 g/mol. The fourth-order valence-corrected chi connectivity index (χ4v) is 21.5. The molecule has 5 aromatic heterocycles. The first-order chi connectivity index (χ1) is 74.4. The predicted octanol–water partition coefficient (Wildman–Crippen LogP) is 36.7. The lowest BCUT2D eigenvalue weighted by molar-refractivity contribution is 1.07.